The van der Waals surface area contributed by atoms with Gasteiger partial charge in [-0.25, -0.2) is 18.2 Å². The number of rotatable bonds is 12. The first-order valence-corrected chi connectivity index (χ1v) is 25.6. The zero-order chi connectivity index (χ0) is 46.5. The second kappa shape index (κ2) is 18.3. The van der Waals surface area contributed by atoms with Crippen LogP contribution in [0.5, 0.6) is 11.6 Å². The third-order valence-corrected chi connectivity index (χ3v) is 16.9. The van der Waals surface area contributed by atoms with Crippen LogP contribution in [-0.2, 0) is 35.6 Å². The second-order valence-corrected chi connectivity index (χ2v) is 23.5. The molecule has 0 spiro atoms. The van der Waals surface area contributed by atoms with Crippen molar-refractivity contribution in [3.8, 4) is 11.6 Å². The van der Waals surface area contributed by atoms with Gasteiger partial charge < -0.3 is 34.6 Å². The first kappa shape index (κ1) is 47.1. The molecule has 8 rings (SSSR count). The maximum absolute atomic E-state index is 15.0. The Hall–Kier alpha value is -4.44. The molecule has 2 aromatic rings. The number of carbonyl (C=O) groups is 4. The molecule has 6 aliphatic rings. The summed E-state index contributed by atoms with van der Waals surface area (Å²) in [5.74, 6) is -0.888. The molecule has 0 unspecified atom stereocenters. The van der Waals surface area contributed by atoms with Crippen LogP contribution in [0.2, 0.25) is 0 Å². The van der Waals surface area contributed by atoms with Gasteiger partial charge >= 0.3 is 6.09 Å². The normalized spacial score (nSPS) is 29.3. The highest BCUT2D eigenvalue weighted by molar-refractivity contribution is 7.91. The van der Waals surface area contributed by atoms with Gasteiger partial charge in [0.1, 0.15) is 35.6 Å². The monoisotopic (exact) mass is 918 g/mol. The molecule has 65 heavy (non-hydrogen) atoms. The molecule has 5 fully saturated rings. The largest absolute Gasteiger partial charge is 0.492 e. The minimum Gasteiger partial charge on any atom is -0.492 e. The minimum atomic E-state index is -4.02. The smallest absolute Gasteiger partial charge is 0.408 e. The molecule has 3 aliphatic heterocycles. The van der Waals surface area contributed by atoms with Gasteiger partial charge in [0.05, 0.1) is 29.0 Å². The average molecular weight is 919 g/mol. The number of sulfonamides is 1. The predicted octanol–water partition coefficient (Wildman–Crippen LogP) is 6.28. The van der Waals surface area contributed by atoms with E-state index in [1.54, 1.807) is 6.92 Å². The Morgan fingerprint density at radius 2 is 1.83 bits per heavy atom. The molecule has 3 N–H and O–H groups in total. The van der Waals surface area contributed by atoms with Gasteiger partial charge in [0.15, 0.2) is 0 Å². The van der Waals surface area contributed by atoms with Crippen molar-refractivity contribution in [3.63, 3.8) is 0 Å². The SMILES string of the molecule is C=C[C@@H]1C[C@]1(NC(=O)[C@@H]1C[C@@H]2CN1C(=O)[C@H](C(C)(C)C)NC(=O)O[C@@H]1C[C@H]1CCCCCc1c(nc3cc(C(C)C)ccc3c1OCCCN1CCCC1)O2)C(=O)NS(=O)(=O)C1(C)CC1. The van der Waals surface area contributed by atoms with Gasteiger partial charge in [0, 0.05) is 24.3 Å². The molecule has 2 saturated heterocycles. The van der Waals surface area contributed by atoms with Gasteiger partial charge in [-0.2, -0.15) is 0 Å². The summed E-state index contributed by atoms with van der Waals surface area (Å²) in [4.78, 5) is 66.1. The van der Waals surface area contributed by atoms with Gasteiger partial charge in [-0.05, 0) is 119 Å². The number of benzene rings is 1. The summed E-state index contributed by atoms with van der Waals surface area (Å²) in [5, 5.41) is 6.65. The van der Waals surface area contributed by atoms with E-state index in [-0.39, 0.29) is 37.3 Å². The van der Waals surface area contributed by atoms with Crippen LogP contribution in [0.15, 0.2) is 30.9 Å². The molecule has 1 aromatic heterocycles. The summed E-state index contributed by atoms with van der Waals surface area (Å²) >= 11 is 0. The molecule has 16 heteroatoms. The van der Waals surface area contributed by atoms with E-state index < -0.39 is 73.6 Å². The van der Waals surface area contributed by atoms with E-state index in [9.17, 15) is 27.6 Å². The van der Waals surface area contributed by atoms with Crippen molar-refractivity contribution in [3.05, 3.63) is 42.0 Å². The Kier molecular flexibility index (Phi) is 13.3. The molecular formula is C49H70N6O9S. The number of pyridine rings is 1. The zero-order valence-electron chi connectivity index (χ0n) is 39.2. The van der Waals surface area contributed by atoms with E-state index in [0.29, 0.717) is 31.7 Å². The number of hydrogen-bond acceptors (Lipinski definition) is 11. The highest BCUT2D eigenvalue weighted by atomic mass is 32.2. The van der Waals surface area contributed by atoms with Crippen LogP contribution in [-0.4, -0.2) is 114 Å². The Labute approximate surface area is 384 Å². The third-order valence-electron chi connectivity index (χ3n) is 14.8. The van der Waals surface area contributed by atoms with Crippen molar-refractivity contribution in [2.24, 2.45) is 17.3 Å². The lowest BCUT2D eigenvalue weighted by molar-refractivity contribution is -0.142. The molecule has 2 bridgehead atoms. The fraction of sp³-hybridized carbons (Fsp3) is 0.694. The van der Waals surface area contributed by atoms with Crippen LogP contribution in [0.1, 0.15) is 136 Å². The van der Waals surface area contributed by atoms with E-state index in [4.69, 9.17) is 19.2 Å². The summed E-state index contributed by atoms with van der Waals surface area (Å²) < 4.78 is 47.2. The first-order valence-electron chi connectivity index (χ1n) is 24.1. The molecule has 356 valence electrons. The lowest BCUT2D eigenvalue weighted by Crippen LogP contribution is -2.60. The van der Waals surface area contributed by atoms with Gasteiger partial charge in [-0.1, -0.05) is 59.6 Å². The standard InChI is InChI=1S/C49H70N6O9S/c1-8-33-28-49(33,45(58)53-65(60,61)48(7)19-20-48)52-42(56)38-27-34-29-55(38)44(57)41(47(4,5)6)51-46(59)64-39-26-32(39)15-10-9-11-16-36-40(62-24-14-23-54-21-12-13-22-54)35-18-17-31(30(2)3)25-37(35)50-43(36)63-34/h8,17-18,25,30,32-34,38-39,41H,1,9-16,19-24,26-29H2,2-7H3,(H,51,59)(H,52,56)(H,53,58)/t32-,33-,34-,38+,39-,41-,49-/m1/s1. The summed E-state index contributed by atoms with van der Waals surface area (Å²) in [7, 11) is -4.02. The van der Waals surface area contributed by atoms with E-state index in [1.165, 1.54) is 23.8 Å². The van der Waals surface area contributed by atoms with Crippen LogP contribution < -0.4 is 24.8 Å². The highest BCUT2D eigenvalue weighted by Gasteiger charge is 2.63. The van der Waals surface area contributed by atoms with Crippen LogP contribution in [0.25, 0.3) is 10.9 Å². The predicted molar refractivity (Wildman–Crippen MR) is 247 cm³/mol. The van der Waals surface area contributed by atoms with E-state index >= 15 is 0 Å². The summed E-state index contributed by atoms with van der Waals surface area (Å²) in [6.45, 7) is 18.9. The van der Waals surface area contributed by atoms with Crippen LogP contribution in [0.3, 0.4) is 0 Å². The Morgan fingerprint density at radius 1 is 1.08 bits per heavy atom. The lowest BCUT2D eigenvalue weighted by atomic mass is 9.85. The van der Waals surface area contributed by atoms with Gasteiger partial charge in [0.25, 0.3) is 5.91 Å². The van der Waals surface area contributed by atoms with Crippen molar-refractivity contribution in [2.45, 2.75) is 166 Å². The molecule has 15 nitrogen and oxygen atoms in total. The molecule has 3 aliphatic carbocycles. The Morgan fingerprint density at radius 3 is 2.51 bits per heavy atom. The zero-order valence-corrected chi connectivity index (χ0v) is 40.0. The van der Waals surface area contributed by atoms with Crippen LogP contribution in [0, 0.1) is 17.3 Å². The van der Waals surface area contributed by atoms with E-state index in [1.807, 2.05) is 20.8 Å². The number of alkyl carbamates (subject to hydrolysis) is 1. The van der Waals surface area contributed by atoms with Crippen LogP contribution >= 0.6 is 0 Å². The number of fused-ring (bicyclic) bond motifs is 5. The van der Waals surface area contributed by atoms with Gasteiger partial charge in [-0.15, -0.1) is 6.58 Å². The number of aromatic nitrogens is 1. The fourth-order valence-electron chi connectivity index (χ4n) is 9.89. The first-order chi connectivity index (χ1) is 30.8. The van der Waals surface area contributed by atoms with Crippen molar-refractivity contribution in [1.29, 1.82) is 0 Å². The molecule has 0 radical (unpaired) electrons. The Bertz CT molecular complexity index is 2290. The minimum absolute atomic E-state index is 0.0288. The number of amides is 4. The van der Waals surface area contributed by atoms with E-state index in [2.05, 4.69) is 58.9 Å². The molecular weight excluding hydrogens is 849 g/mol. The average Bonchev–Trinajstić information content (AvgIpc) is 4.20. The van der Waals surface area contributed by atoms with Crippen LogP contribution in [0.4, 0.5) is 4.79 Å². The Balaban J connectivity index is 1.15. The van der Waals surface area contributed by atoms with Crippen molar-refractivity contribution in [1.82, 2.24) is 30.1 Å². The fourth-order valence-corrected chi connectivity index (χ4v) is 11.2. The summed E-state index contributed by atoms with van der Waals surface area (Å²) in [6.07, 6.45) is 9.28. The van der Waals surface area contributed by atoms with E-state index in [0.717, 1.165) is 85.9 Å². The van der Waals surface area contributed by atoms with Crippen molar-refractivity contribution < 1.29 is 41.8 Å². The van der Waals surface area contributed by atoms with Crippen molar-refractivity contribution >= 4 is 44.7 Å². The number of hydrogen-bond donors (Lipinski definition) is 3. The van der Waals surface area contributed by atoms with Crippen molar-refractivity contribution in [2.75, 3.05) is 32.8 Å². The highest BCUT2D eigenvalue weighted by Crippen LogP contribution is 2.48. The second-order valence-electron chi connectivity index (χ2n) is 21.3. The topological polar surface area (TPSA) is 186 Å². The molecule has 1 aromatic carbocycles. The number of nitrogens with zero attached hydrogens (tertiary/aromatic N) is 3. The maximum atomic E-state index is 15.0. The number of ether oxygens (including phenoxy) is 3. The molecule has 4 heterocycles. The maximum Gasteiger partial charge on any atom is 0.408 e. The lowest BCUT2D eigenvalue weighted by Gasteiger charge is -2.35. The molecule has 7 atom stereocenters. The quantitative estimate of drug-likeness (QED) is 0.161. The number of likely N-dealkylation sites (tertiary alicyclic amines) is 1. The number of carbonyl (C=O) groups excluding carboxylic acids is 4. The van der Waals surface area contributed by atoms with Gasteiger partial charge in [-0.3, -0.25) is 19.1 Å². The molecule has 3 saturated carbocycles. The molecule has 4 amide bonds. The summed E-state index contributed by atoms with van der Waals surface area (Å²) in [5.41, 5.74) is 0.316. The summed E-state index contributed by atoms with van der Waals surface area (Å²) in [6, 6.07) is 4.07. The third kappa shape index (κ3) is 10.1. The number of nitrogens with one attached hydrogen (secondary N) is 3. The van der Waals surface area contributed by atoms with Gasteiger partial charge in [0.2, 0.25) is 27.7 Å².